The van der Waals surface area contributed by atoms with Crippen molar-refractivity contribution in [2.45, 2.75) is 35.3 Å². The number of amides is 1. The van der Waals surface area contributed by atoms with Crippen LogP contribution in [0.25, 0.3) is 0 Å². The number of carbonyl (C=O) groups is 2. The number of hydrogen-bond acceptors (Lipinski definition) is 6. The zero-order chi connectivity index (χ0) is 21.8. The quantitative estimate of drug-likeness (QED) is 0.396. The molecule has 0 aromatic heterocycles. The average Bonchev–Trinajstić information content (AvgIpc) is 2.76. The van der Waals surface area contributed by atoms with Crippen LogP contribution in [0.5, 0.6) is 11.5 Å². The second-order valence-corrected chi connectivity index (χ2v) is 9.47. The van der Waals surface area contributed by atoms with E-state index in [4.69, 9.17) is 9.94 Å². The van der Waals surface area contributed by atoms with Gasteiger partial charge in [0, 0.05) is 12.8 Å². The Kier molecular flexibility index (Phi) is 6.38. The Balaban J connectivity index is 1.97. The minimum atomic E-state index is -4.05. The number of Topliss-reactive ketones (excluding diaryl/α,β-unsaturated/α-hetero) is 1. The summed E-state index contributed by atoms with van der Waals surface area (Å²) in [5.74, 6) is -1.06. The molecule has 1 aliphatic carbocycles. The Morgan fingerprint density at radius 3 is 2.17 bits per heavy atom. The molecule has 0 bridgehead atoms. The fraction of sp³-hybridized carbons (Fsp3) is 0.273. The minimum Gasteiger partial charge on any atom is -0.457 e. The molecule has 1 saturated carbocycles. The van der Waals surface area contributed by atoms with Crippen LogP contribution in [0, 0.1) is 5.92 Å². The van der Waals surface area contributed by atoms with Gasteiger partial charge in [0.25, 0.3) is 5.91 Å². The van der Waals surface area contributed by atoms with E-state index in [-0.39, 0.29) is 36.4 Å². The van der Waals surface area contributed by atoms with Gasteiger partial charge in [0.15, 0.2) is 9.84 Å². The highest BCUT2D eigenvalue weighted by Gasteiger charge is 2.53. The molecule has 158 valence electrons. The molecule has 1 aliphatic rings. The van der Waals surface area contributed by atoms with Crippen molar-refractivity contribution < 1.29 is 28.0 Å². The Hall–Kier alpha value is -2.97. The number of benzene rings is 2. The highest BCUT2D eigenvalue weighted by Crippen LogP contribution is 2.44. The molecule has 8 heteroatoms. The van der Waals surface area contributed by atoms with Gasteiger partial charge in [0.05, 0.1) is 15.6 Å². The molecule has 0 saturated heterocycles. The number of ketones is 1. The lowest BCUT2D eigenvalue weighted by Crippen LogP contribution is -2.52. The number of carbonyl (C=O) groups excluding carboxylic acids is 2. The molecule has 1 amide bonds. The number of sulfone groups is 1. The third-order valence-electron chi connectivity index (χ3n) is 5.50. The lowest BCUT2D eigenvalue weighted by molar-refractivity contribution is -0.134. The number of rotatable bonds is 7. The second kappa shape index (κ2) is 8.81. The molecule has 0 radical (unpaired) electrons. The Morgan fingerprint density at radius 1 is 1.07 bits per heavy atom. The maximum atomic E-state index is 13.6. The molecule has 0 heterocycles. The monoisotopic (exact) mass is 429 g/mol. The summed E-state index contributed by atoms with van der Waals surface area (Å²) < 4.78 is 31.4. The van der Waals surface area contributed by atoms with Gasteiger partial charge in [-0.2, -0.15) is 0 Å². The predicted octanol–water partition coefficient (Wildman–Crippen LogP) is 3.44. The molecule has 2 N–H and O–H groups in total. The molecular formula is C22H23NO6S. The van der Waals surface area contributed by atoms with Crippen molar-refractivity contribution in [3.05, 3.63) is 67.3 Å². The van der Waals surface area contributed by atoms with E-state index in [1.165, 1.54) is 35.8 Å². The molecule has 2 aromatic carbocycles. The molecule has 30 heavy (non-hydrogen) atoms. The fourth-order valence-electron chi connectivity index (χ4n) is 3.88. The van der Waals surface area contributed by atoms with Crippen LogP contribution in [0.2, 0.25) is 0 Å². The van der Waals surface area contributed by atoms with Crippen LogP contribution in [0.15, 0.2) is 72.1 Å². The van der Waals surface area contributed by atoms with E-state index in [2.05, 4.69) is 6.58 Å². The first-order valence-electron chi connectivity index (χ1n) is 9.50. The molecule has 1 fully saturated rings. The average molecular weight is 429 g/mol. The largest absolute Gasteiger partial charge is 0.457 e. The number of hydroxylamine groups is 1. The van der Waals surface area contributed by atoms with Crippen LogP contribution >= 0.6 is 0 Å². The van der Waals surface area contributed by atoms with Gasteiger partial charge >= 0.3 is 0 Å². The number of ether oxygens (including phenoxy) is 1. The van der Waals surface area contributed by atoms with E-state index in [0.29, 0.717) is 11.5 Å². The zero-order valence-electron chi connectivity index (χ0n) is 16.3. The summed E-state index contributed by atoms with van der Waals surface area (Å²) in [4.78, 5) is 24.1. The topological polar surface area (TPSA) is 110 Å². The van der Waals surface area contributed by atoms with Gasteiger partial charge in [-0.25, -0.2) is 13.9 Å². The summed E-state index contributed by atoms with van der Waals surface area (Å²) in [5, 5.41) is 9.12. The van der Waals surface area contributed by atoms with Gasteiger partial charge in [-0.15, -0.1) is 6.58 Å². The molecule has 0 aliphatic heterocycles. The molecule has 2 aromatic rings. The van der Waals surface area contributed by atoms with Crippen LogP contribution in [-0.4, -0.2) is 30.1 Å². The first kappa shape index (κ1) is 21.7. The van der Waals surface area contributed by atoms with Gasteiger partial charge < -0.3 is 4.74 Å². The third-order valence-corrected chi connectivity index (χ3v) is 8.12. The molecule has 7 nitrogen and oxygen atoms in total. The normalized spacial score (nSPS) is 17.0. The minimum absolute atomic E-state index is 0.00912. The Bertz CT molecular complexity index is 1020. The summed E-state index contributed by atoms with van der Waals surface area (Å²) in [7, 11) is -4.05. The van der Waals surface area contributed by atoms with Crippen molar-refractivity contribution in [2.75, 3.05) is 0 Å². The smallest absolute Gasteiger partial charge is 0.251 e. The van der Waals surface area contributed by atoms with Crippen molar-refractivity contribution in [3.8, 4) is 11.5 Å². The van der Waals surface area contributed by atoms with E-state index in [1.807, 2.05) is 18.2 Å². The first-order chi connectivity index (χ1) is 14.3. The molecule has 3 rings (SSSR count). The zero-order valence-corrected chi connectivity index (χ0v) is 17.1. The number of hydrogen-bond donors (Lipinski definition) is 2. The summed E-state index contributed by atoms with van der Waals surface area (Å²) >= 11 is 0. The Labute approximate surface area is 175 Å². The van der Waals surface area contributed by atoms with Crippen molar-refractivity contribution >= 4 is 21.5 Å². The van der Waals surface area contributed by atoms with Crippen LogP contribution in [0.1, 0.15) is 25.7 Å². The van der Waals surface area contributed by atoms with E-state index in [9.17, 15) is 18.0 Å². The first-order valence-corrected chi connectivity index (χ1v) is 11.0. The SMILES string of the molecule is C=CC(C(=O)NO)C1(S(=O)(=O)c2ccc(Oc3ccccc3)cc2)CCC(=O)CC1. The van der Waals surface area contributed by atoms with Gasteiger partial charge in [-0.05, 0) is 49.2 Å². The summed E-state index contributed by atoms with van der Waals surface area (Å²) in [5.41, 5.74) is 1.53. The van der Waals surface area contributed by atoms with Crippen molar-refractivity contribution in [3.63, 3.8) is 0 Å². The van der Waals surface area contributed by atoms with Gasteiger partial charge in [-0.3, -0.25) is 14.8 Å². The molecule has 1 unspecified atom stereocenters. The van der Waals surface area contributed by atoms with Crippen molar-refractivity contribution in [1.29, 1.82) is 0 Å². The third kappa shape index (κ3) is 4.01. The highest BCUT2D eigenvalue weighted by molar-refractivity contribution is 7.93. The summed E-state index contributed by atoms with van der Waals surface area (Å²) in [6.45, 7) is 3.60. The summed E-state index contributed by atoms with van der Waals surface area (Å²) in [6.07, 6.45) is 1.24. The van der Waals surface area contributed by atoms with Crippen LogP contribution in [0.3, 0.4) is 0 Å². The Morgan fingerprint density at radius 2 is 1.63 bits per heavy atom. The van der Waals surface area contributed by atoms with Crippen LogP contribution in [0.4, 0.5) is 0 Å². The van der Waals surface area contributed by atoms with E-state index in [1.54, 1.807) is 12.1 Å². The summed E-state index contributed by atoms with van der Waals surface area (Å²) in [6, 6.07) is 15.0. The maximum absolute atomic E-state index is 13.6. The number of nitrogens with one attached hydrogen (secondary N) is 1. The lowest BCUT2D eigenvalue weighted by Gasteiger charge is -2.40. The molecular weight excluding hydrogens is 406 g/mol. The van der Waals surface area contributed by atoms with Crippen molar-refractivity contribution in [2.24, 2.45) is 5.92 Å². The molecule has 1 atom stereocenters. The van der Waals surface area contributed by atoms with E-state index >= 15 is 0 Å². The second-order valence-electron chi connectivity index (χ2n) is 7.18. The predicted molar refractivity (Wildman–Crippen MR) is 110 cm³/mol. The molecule has 0 spiro atoms. The van der Waals surface area contributed by atoms with Gasteiger partial charge in [0.1, 0.15) is 17.3 Å². The highest BCUT2D eigenvalue weighted by atomic mass is 32.2. The maximum Gasteiger partial charge on any atom is 0.251 e. The van der Waals surface area contributed by atoms with Crippen molar-refractivity contribution in [1.82, 2.24) is 5.48 Å². The van der Waals surface area contributed by atoms with Gasteiger partial charge in [0.2, 0.25) is 0 Å². The fourth-order valence-corrected chi connectivity index (χ4v) is 6.12. The van der Waals surface area contributed by atoms with E-state index < -0.39 is 26.4 Å². The van der Waals surface area contributed by atoms with Crippen LogP contribution < -0.4 is 10.2 Å². The van der Waals surface area contributed by atoms with Gasteiger partial charge in [-0.1, -0.05) is 24.3 Å². The lowest BCUT2D eigenvalue weighted by atomic mass is 9.78. The number of para-hydroxylation sites is 1. The standard InChI is InChI=1S/C22H23NO6S/c1-2-20(21(25)23-26)22(14-12-16(24)13-15-22)30(27,28)19-10-8-18(9-11-19)29-17-6-4-3-5-7-17/h2-11,20,26H,1,12-15H2,(H,23,25). The van der Waals surface area contributed by atoms with E-state index in [0.717, 1.165) is 0 Å². The van der Waals surface area contributed by atoms with Crippen LogP contribution in [-0.2, 0) is 19.4 Å².